The van der Waals surface area contributed by atoms with Crippen LogP contribution < -0.4 is 4.74 Å². The van der Waals surface area contributed by atoms with Crippen LogP contribution in [0.5, 0.6) is 5.75 Å². The van der Waals surface area contributed by atoms with Crippen LogP contribution in [0.15, 0.2) is 54.1 Å². The van der Waals surface area contributed by atoms with Gasteiger partial charge in [0.2, 0.25) is 11.3 Å². The zero-order valence-corrected chi connectivity index (χ0v) is 17.7. The van der Waals surface area contributed by atoms with Crippen molar-refractivity contribution >= 4 is 17.4 Å². The van der Waals surface area contributed by atoms with Crippen molar-refractivity contribution in [3.05, 3.63) is 70.8 Å². The maximum absolute atomic E-state index is 13.3. The van der Waals surface area contributed by atoms with E-state index in [9.17, 15) is 24.9 Å². The Labute approximate surface area is 184 Å². The lowest BCUT2D eigenvalue weighted by Crippen LogP contribution is -2.66. The van der Waals surface area contributed by atoms with Crippen molar-refractivity contribution in [3.8, 4) is 5.75 Å². The maximum atomic E-state index is 13.3. The van der Waals surface area contributed by atoms with E-state index in [1.165, 1.54) is 19.2 Å². The number of hydrogen-bond acceptors (Lipinski definition) is 7. The summed E-state index contributed by atoms with van der Waals surface area (Å²) in [6, 6.07) is 12.7. The van der Waals surface area contributed by atoms with Crippen molar-refractivity contribution in [2.45, 2.75) is 36.9 Å². The lowest BCUT2D eigenvalue weighted by molar-refractivity contribution is -0.312. The van der Waals surface area contributed by atoms with Crippen LogP contribution >= 0.6 is 0 Å². The highest BCUT2D eigenvalue weighted by molar-refractivity contribution is 6.48. The number of rotatable bonds is 5. The molecule has 1 amide bonds. The highest BCUT2D eigenvalue weighted by Crippen LogP contribution is 2.67. The van der Waals surface area contributed by atoms with Crippen LogP contribution in [-0.2, 0) is 25.9 Å². The molecule has 5 rings (SSSR count). The first-order valence-electron chi connectivity index (χ1n) is 10.5. The van der Waals surface area contributed by atoms with Crippen molar-refractivity contribution < 1.29 is 34.4 Å². The van der Waals surface area contributed by atoms with Crippen LogP contribution in [0.4, 0.5) is 0 Å². The molecule has 2 aromatic carbocycles. The Morgan fingerprint density at radius 1 is 1.00 bits per heavy atom. The summed E-state index contributed by atoms with van der Waals surface area (Å²) in [6.45, 7) is 1.95. The predicted octanol–water partition coefficient (Wildman–Crippen LogP) is 1.38. The Balaban J connectivity index is 1.83. The molecule has 2 heterocycles. The number of amides is 1. The molecule has 2 unspecified atom stereocenters. The van der Waals surface area contributed by atoms with Gasteiger partial charge < -0.3 is 29.7 Å². The van der Waals surface area contributed by atoms with Gasteiger partial charge in [-0.05, 0) is 30.7 Å². The van der Waals surface area contributed by atoms with E-state index in [1.807, 2.05) is 6.92 Å². The molecule has 0 aromatic heterocycles. The van der Waals surface area contributed by atoms with Crippen LogP contribution in [0.1, 0.15) is 36.5 Å². The molecule has 3 N–H and O–H groups in total. The molecular weight excluding hydrogens is 414 g/mol. The van der Waals surface area contributed by atoms with E-state index in [1.54, 1.807) is 36.4 Å². The first-order chi connectivity index (χ1) is 15.3. The lowest BCUT2D eigenvalue weighted by atomic mass is 9.78. The smallest absolute Gasteiger partial charge is 0.296 e. The summed E-state index contributed by atoms with van der Waals surface area (Å²) < 4.78 is 11.2. The molecule has 0 radical (unpaired) electrons. The number of nitrogens with zero attached hydrogens (tertiary/aromatic N) is 1. The summed E-state index contributed by atoms with van der Waals surface area (Å²) in [5.41, 5.74) is -2.02. The SMILES string of the molecule is CCCCN1C(=O)C(=O)C2=C(c3ccc(OC)cc3)OC3(O)c4ccccc4C(O)(O)C213. The molecule has 1 fully saturated rings. The van der Waals surface area contributed by atoms with Crippen LogP contribution in [0.2, 0.25) is 0 Å². The van der Waals surface area contributed by atoms with E-state index >= 15 is 0 Å². The molecule has 1 saturated heterocycles. The summed E-state index contributed by atoms with van der Waals surface area (Å²) >= 11 is 0. The van der Waals surface area contributed by atoms with E-state index < -0.39 is 28.8 Å². The summed E-state index contributed by atoms with van der Waals surface area (Å²) in [7, 11) is 1.51. The molecular formula is C24H23NO7. The molecule has 1 spiro atoms. The first-order valence-corrected chi connectivity index (χ1v) is 10.5. The van der Waals surface area contributed by atoms with Gasteiger partial charge in [0.05, 0.1) is 12.7 Å². The van der Waals surface area contributed by atoms with Crippen molar-refractivity contribution in [2.75, 3.05) is 13.7 Å². The van der Waals surface area contributed by atoms with Gasteiger partial charge in [0, 0.05) is 23.2 Å². The summed E-state index contributed by atoms with van der Waals surface area (Å²) in [4.78, 5) is 27.5. The molecule has 1 aliphatic carbocycles. The van der Waals surface area contributed by atoms with Crippen LogP contribution in [0, 0.1) is 0 Å². The number of benzene rings is 2. The summed E-state index contributed by atoms with van der Waals surface area (Å²) in [5, 5.41) is 35.0. The van der Waals surface area contributed by atoms with Crippen molar-refractivity contribution in [1.29, 1.82) is 0 Å². The van der Waals surface area contributed by atoms with Crippen LogP contribution in [0.25, 0.3) is 5.76 Å². The minimum atomic E-state index is -2.77. The van der Waals surface area contributed by atoms with E-state index in [2.05, 4.69) is 0 Å². The fraction of sp³-hybridized carbons (Fsp3) is 0.333. The van der Waals surface area contributed by atoms with Crippen molar-refractivity contribution in [3.63, 3.8) is 0 Å². The zero-order chi connectivity index (χ0) is 22.9. The highest BCUT2D eigenvalue weighted by Gasteiger charge is 2.84. The molecule has 2 aliphatic heterocycles. The van der Waals surface area contributed by atoms with Gasteiger partial charge in [-0.15, -0.1) is 0 Å². The quantitative estimate of drug-likeness (QED) is 0.478. The van der Waals surface area contributed by atoms with Gasteiger partial charge in [-0.3, -0.25) is 9.59 Å². The molecule has 166 valence electrons. The van der Waals surface area contributed by atoms with Gasteiger partial charge in [-0.25, -0.2) is 0 Å². The third-order valence-corrected chi connectivity index (χ3v) is 6.66. The Morgan fingerprint density at radius 2 is 1.66 bits per heavy atom. The Hall–Kier alpha value is -3.20. The molecule has 8 nitrogen and oxygen atoms in total. The molecule has 2 atom stereocenters. The van der Waals surface area contributed by atoms with Gasteiger partial charge in [0.1, 0.15) is 11.5 Å². The van der Waals surface area contributed by atoms with Gasteiger partial charge in [0.25, 0.3) is 17.5 Å². The second-order valence-electron chi connectivity index (χ2n) is 8.25. The molecule has 2 aromatic rings. The average molecular weight is 437 g/mol. The van der Waals surface area contributed by atoms with E-state index in [0.29, 0.717) is 24.2 Å². The number of methoxy groups -OCH3 is 1. The zero-order valence-electron chi connectivity index (χ0n) is 17.7. The minimum absolute atomic E-state index is 0.0159. The number of aliphatic hydroxyl groups is 3. The number of ether oxygens (including phenoxy) is 2. The Bertz CT molecular complexity index is 1170. The molecule has 32 heavy (non-hydrogen) atoms. The molecule has 0 saturated carbocycles. The van der Waals surface area contributed by atoms with Gasteiger partial charge >= 0.3 is 0 Å². The van der Waals surface area contributed by atoms with Gasteiger partial charge in [0.15, 0.2) is 0 Å². The minimum Gasteiger partial charge on any atom is -0.497 e. The highest BCUT2D eigenvalue weighted by atomic mass is 16.6. The van der Waals surface area contributed by atoms with Gasteiger partial charge in [-0.2, -0.15) is 0 Å². The fourth-order valence-electron chi connectivity index (χ4n) is 5.23. The molecule has 3 aliphatic rings. The number of carbonyl (C=O) groups excluding carboxylic acids is 2. The average Bonchev–Trinajstić information content (AvgIpc) is 3.27. The largest absolute Gasteiger partial charge is 0.497 e. The Morgan fingerprint density at radius 3 is 2.28 bits per heavy atom. The number of Topliss-reactive ketones (excluding diaryl/α,β-unsaturated/α-hetero) is 1. The predicted molar refractivity (Wildman–Crippen MR) is 112 cm³/mol. The number of ketones is 1. The standard InChI is InChI=1S/C24H23NO7/c1-3-4-13-25-21(27)19(26)18-20(14-9-11-15(31-2)12-10-14)32-24(30)17-8-6-5-7-16(17)23(28,29)22(18,24)25/h5-12,28-30H,3-4,13H2,1-2H3. The van der Waals surface area contributed by atoms with Crippen LogP contribution in [0.3, 0.4) is 0 Å². The third-order valence-electron chi connectivity index (χ3n) is 6.66. The number of fused-ring (bicyclic) bond motifs is 2. The second kappa shape index (κ2) is 6.65. The van der Waals surface area contributed by atoms with E-state index in [4.69, 9.17) is 9.47 Å². The van der Waals surface area contributed by atoms with E-state index in [0.717, 1.165) is 4.90 Å². The molecule has 0 bridgehead atoms. The fourth-order valence-corrected chi connectivity index (χ4v) is 5.23. The topological polar surface area (TPSA) is 117 Å². The number of hydrogen-bond donors (Lipinski definition) is 3. The molecule has 8 heteroatoms. The lowest BCUT2D eigenvalue weighted by Gasteiger charge is -2.45. The van der Waals surface area contributed by atoms with Crippen molar-refractivity contribution in [1.82, 2.24) is 4.90 Å². The van der Waals surface area contributed by atoms with Crippen molar-refractivity contribution in [2.24, 2.45) is 0 Å². The normalized spacial score (nSPS) is 27.3. The number of unbranched alkanes of at least 4 members (excludes halogenated alkanes) is 1. The number of carbonyl (C=O) groups is 2. The number of likely N-dealkylation sites (tertiary alicyclic amines) is 1. The van der Waals surface area contributed by atoms with E-state index in [-0.39, 0.29) is 29.0 Å². The van der Waals surface area contributed by atoms with Gasteiger partial charge in [-0.1, -0.05) is 37.6 Å². The second-order valence-corrected chi connectivity index (χ2v) is 8.25. The third kappa shape index (κ3) is 2.16. The maximum Gasteiger partial charge on any atom is 0.296 e. The summed E-state index contributed by atoms with van der Waals surface area (Å²) in [6.07, 6.45) is 1.18. The monoisotopic (exact) mass is 437 g/mol. The van der Waals surface area contributed by atoms with Crippen LogP contribution in [-0.4, -0.2) is 51.1 Å². The Kier molecular flexibility index (Phi) is 4.30. The first kappa shape index (κ1) is 20.7. The summed E-state index contributed by atoms with van der Waals surface area (Å²) in [5.74, 6) is -6.46.